The van der Waals surface area contributed by atoms with Crippen LogP contribution >= 0.6 is 0 Å². The van der Waals surface area contributed by atoms with E-state index in [-0.39, 0.29) is 0 Å². The van der Waals surface area contributed by atoms with E-state index in [9.17, 15) is 0 Å². The van der Waals surface area contributed by atoms with E-state index >= 15 is 0 Å². The molecule has 106 valence electrons. The molecule has 0 aromatic heterocycles. The predicted octanol–water partition coefficient (Wildman–Crippen LogP) is 4.83. The quantitative estimate of drug-likeness (QED) is 0.747. The monoisotopic (exact) mass is 259 g/mol. The van der Waals surface area contributed by atoms with Gasteiger partial charge >= 0.3 is 0 Å². The largest absolute Gasteiger partial charge is 0.310 e. The van der Waals surface area contributed by atoms with Crippen LogP contribution in [0.4, 0.5) is 0 Å². The van der Waals surface area contributed by atoms with Gasteiger partial charge in [-0.2, -0.15) is 0 Å². The molecule has 0 bridgehead atoms. The molecule has 0 saturated heterocycles. The third-order valence-corrected chi connectivity index (χ3v) is 4.46. The maximum atomic E-state index is 3.77. The molecule has 1 aliphatic carbocycles. The molecule has 2 atom stereocenters. The first-order valence-corrected chi connectivity index (χ1v) is 8.07. The first kappa shape index (κ1) is 14.6. The minimum Gasteiger partial charge on any atom is -0.310 e. The smallest absolute Gasteiger partial charge is 0.0208 e. The van der Waals surface area contributed by atoms with Crippen molar-refractivity contribution in [2.75, 3.05) is 0 Å². The number of hydrogen-bond donors (Lipinski definition) is 1. The van der Waals surface area contributed by atoms with E-state index in [0.29, 0.717) is 0 Å². The lowest BCUT2D eigenvalue weighted by Crippen LogP contribution is -2.28. The van der Waals surface area contributed by atoms with E-state index in [1.807, 2.05) is 0 Å². The Labute approximate surface area is 118 Å². The minimum absolute atomic E-state index is 0.738. The van der Waals surface area contributed by atoms with Gasteiger partial charge in [0.1, 0.15) is 0 Å². The van der Waals surface area contributed by atoms with Crippen LogP contribution in [0.25, 0.3) is 0 Å². The Kier molecular flexibility index (Phi) is 5.91. The van der Waals surface area contributed by atoms with Crippen molar-refractivity contribution in [2.24, 2.45) is 5.92 Å². The van der Waals surface area contributed by atoms with Gasteiger partial charge in [0.05, 0.1) is 0 Å². The molecule has 2 unspecified atom stereocenters. The van der Waals surface area contributed by atoms with Crippen LogP contribution in [-0.4, -0.2) is 6.04 Å². The molecule has 1 heteroatoms. The Hall–Kier alpha value is -0.820. The van der Waals surface area contributed by atoms with E-state index in [1.54, 1.807) is 0 Å². The van der Waals surface area contributed by atoms with Crippen molar-refractivity contribution < 1.29 is 0 Å². The second-order valence-electron chi connectivity index (χ2n) is 6.23. The van der Waals surface area contributed by atoms with Gasteiger partial charge in [0, 0.05) is 12.6 Å². The molecular weight excluding hydrogens is 230 g/mol. The minimum atomic E-state index is 0.738. The van der Waals surface area contributed by atoms with Gasteiger partial charge in [-0.3, -0.25) is 0 Å². The summed E-state index contributed by atoms with van der Waals surface area (Å²) < 4.78 is 0. The lowest BCUT2D eigenvalue weighted by Gasteiger charge is -2.17. The molecule has 0 radical (unpaired) electrons. The van der Waals surface area contributed by atoms with Crippen molar-refractivity contribution in [2.45, 2.75) is 71.4 Å². The molecule has 19 heavy (non-hydrogen) atoms. The number of aryl methyl sites for hydroxylation is 1. The van der Waals surface area contributed by atoms with Gasteiger partial charge in [-0.1, -0.05) is 62.4 Å². The number of benzene rings is 1. The van der Waals surface area contributed by atoms with E-state index < -0.39 is 0 Å². The summed E-state index contributed by atoms with van der Waals surface area (Å²) in [7, 11) is 0. The predicted molar refractivity (Wildman–Crippen MR) is 83.3 cm³/mol. The Morgan fingerprint density at radius 2 is 2.05 bits per heavy atom. The van der Waals surface area contributed by atoms with E-state index in [4.69, 9.17) is 0 Å². The molecule has 1 fully saturated rings. The lowest BCUT2D eigenvalue weighted by atomic mass is 9.95. The summed E-state index contributed by atoms with van der Waals surface area (Å²) in [6.07, 6.45) is 9.82. The topological polar surface area (TPSA) is 12.0 Å². The number of hydrogen-bond acceptors (Lipinski definition) is 1. The Balaban J connectivity index is 1.77. The zero-order valence-electron chi connectivity index (χ0n) is 12.6. The van der Waals surface area contributed by atoms with Crippen LogP contribution < -0.4 is 5.32 Å². The van der Waals surface area contributed by atoms with Crippen molar-refractivity contribution in [1.29, 1.82) is 0 Å². The van der Waals surface area contributed by atoms with Gasteiger partial charge < -0.3 is 5.32 Å². The highest BCUT2D eigenvalue weighted by atomic mass is 14.9. The first-order valence-electron chi connectivity index (χ1n) is 8.07. The van der Waals surface area contributed by atoms with Crippen LogP contribution in [0.3, 0.4) is 0 Å². The van der Waals surface area contributed by atoms with Crippen LogP contribution in [0.2, 0.25) is 0 Å². The third kappa shape index (κ3) is 4.99. The summed E-state index contributed by atoms with van der Waals surface area (Å²) in [6, 6.07) is 9.60. The maximum absolute atomic E-state index is 3.77. The van der Waals surface area contributed by atoms with Gasteiger partial charge in [0.15, 0.2) is 0 Å². The maximum Gasteiger partial charge on any atom is 0.0208 e. The average molecular weight is 259 g/mol. The molecule has 0 aliphatic heterocycles. The van der Waals surface area contributed by atoms with E-state index in [2.05, 4.69) is 43.4 Å². The SMILES string of the molecule is CCCC1CCCC(NCc2cccc(C)c2)CC1. The van der Waals surface area contributed by atoms with Crippen LogP contribution in [0.15, 0.2) is 24.3 Å². The van der Waals surface area contributed by atoms with Crippen molar-refractivity contribution in [3.8, 4) is 0 Å². The fourth-order valence-electron chi connectivity index (χ4n) is 3.36. The fraction of sp³-hybridized carbons (Fsp3) is 0.667. The molecule has 0 amide bonds. The normalized spacial score (nSPS) is 24.1. The van der Waals surface area contributed by atoms with E-state index in [0.717, 1.165) is 18.5 Å². The molecule has 1 N–H and O–H groups in total. The summed E-state index contributed by atoms with van der Waals surface area (Å²) >= 11 is 0. The standard InChI is InChI=1S/C18H29N/c1-3-6-16-8-5-10-18(12-11-16)19-14-17-9-4-7-15(2)13-17/h4,7,9,13,16,18-19H,3,5-6,8,10-12,14H2,1-2H3. The summed E-state index contributed by atoms with van der Waals surface area (Å²) in [5, 5.41) is 3.77. The molecule has 1 nitrogen and oxygen atoms in total. The summed E-state index contributed by atoms with van der Waals surface area (Å²) in [4.78, 5) is 0. The Morgan fingerprint density at radius 1 is 1.16 bits per heavy atom. The number of rotatable bonds is 5. The summed E-state index contributed by atoms with van der Waals surface area (Å²) in [5.74, 6) is 0.996. The molecule has 2 rings (SSSR count). The van der Waals surface area contributed by atoms with Crippen LogP contribution in [0, 0.1) is 12.8 Å². The molecule has 1 aromatic rings. The molecule has 0 spiro atoms. The van der Waals surface area contributed by atoms with Crippen LogP contribution in [0.5, 0.6) is 0 Å². The zero-order chi connectivity index (χ0) is 13.5. The molecule has 0 heterocycles. The molecule has 1 aliphatic rings. The van der Waals surface area contributed by atoms with Crippen LogP contribution in [0.1, 0.15) is 63.0 Å². The van der Waals surface area contributed by atoms with Crippen LogP contribution in [-0.2, 0) is 6.54 Å². The van der Waals surface area contributed by atoms with Gasteiger partial charge in [-0.05, 0) is 37.7 Å². The third-order valence-electron chi connectivity index (χ3n) is 4.46. The second kappa shape index (κ2) is 7.69. The Bertz CT molecular complexity index is 372. The van der Waals surface area contributed by atoms with Crippen molar-refractivity contribution >= 4 is 0 Å². The van der Waals surface area contributed by atoms with Gasteiger partial charge in [-0.15, -0.1) is 0 Å². The van der Waals surface area contributed by atoms with Gasteiger partial charge in [0.25, 0.3) is 0 Å². The highest BCUT2D eigenvalue weighted by Gasteiger charge is 2.17. The van der Waals surface area contributed by atoms with E-state index in [1.165, 1.54) is 56.1 Å². The van der Waals surface area contributed by atoms with Crippen molar-refractivity contribution in [3.63, 3.8) is 0 Å². The van der Waals surface area contributed by atoms with Gasteiger partial charge in [-0.25, -0.2) is 0 Å². The van der Waals surface area contributed by atoms with Crippen molar-refractivity contribution in [1.82, 2.24) is 5.32 Å². The average Bonchev–Trinajstić information content (AvgIpc) is 2.63. The molecule has 1 saturated carbocycles. The molecule has 1 aromatic carbocycles. The highest BCUT2D eigenvalue weighted by Crippen LogP contribution is 2.26. The van der Waals surface area contributed by atoms with Gasteiger partial charge in [0.2, 0.25) is 0 Å². The Morgan fingerprint density at radius 3 is 2.84 bits per heavy atom. The summed E-state index contributed by atoms with van der Waals surface area (Å²) in [5.41, 5.74) is 2.79. The zero-order valence-corrected chi connectivity index (χ0v) is 12.6. The van der Waals surface area contributed by atoms with Crippen molar-refractivity contribution in [3.05, 3.63) is 35.4 Å². The highest BCUT2D eigenvalue weighted by molar-refractivity contribution is 5.22. The molecular formula is C18H29N. The number of nitrogens with one attached hydrogen (secondary N) is 1. The summed E-state index contributed by atoms with van der Waals surface area (Å²) in [6.45, 7) is 5.52. The lowest BCUT2D eigenvalue weighted by molar-refractivity contribution is 0.409. The fourth-order valence-corrected chi connectivity index (χ4v) is 3.36. The second-order valence-corrected chi connectivity index (χ2v) is 6.23. The first-order chi connectivity index (χ1) is 9.28.